The molecule has 130 valence electrons. The predicted molar refractivity (Wildman–Crippen MR) is 94.9 cm³/mol. The molecule has 4 rings (SSSR count). The van der Waals surface area contributed by atoms with Gasteiger partial charge in [0.05, 0.1) is 29.4 Å². The molecule has 0 bridgehead atoms. The molecule has 1 saturated heterocycles. The first kappa shape index (κ1) is 16.4. The van der Waals surface area contributed by atoms with Crippen LogP contribution in [0.2, 0.25) is 0 Å². The Morgan fingerprint density at radius 1 is 1.31 bits per heavy atom. The average Bonchev–Trinajstić information content (AvgIpc) is 2.84. The van der Waals surface area contributed by atoms with E-state index in [9.17, 15) is 19.6 Å². The van der Waals surface area contributed by atoms with Gasteiger partial charge in [0.15, 0.2) is 0 Å². The SMILES string of the molecule is Cc1cc2c(cc1F)C[C@]1(O)CC(=O)N(c3cccc(C#N)c3C)C1=N2. The molecule has 5 nitrogen and oxygen atoms in total. The first-order valence-corrected chi connectivity index (χ1v) is 8.27. The Hall–Kier alpha value is -3.04. The second-order valence-corrected chi connectivity index (χ2v) is 6.84. The third-order valence-electron chi connectivity index (χ3n) is 5.06. The second-order valence-electron chi connectivity index (χ2n) is 6.84. The molecule has 2 aliphatic heterocycles. The number of anilines is 1. The summed E-state index contributed by atoms with van der Waals surface area (Å²) in [5.41, 5.74) is 1.76. The molecule has 0 spiro atoms. The van der Waals surface area contributed by atoms with Crippen molar-refractivity contribution in [3.63, 3.8) is 0 Å². The summed E-state index contributed by atoms with van der Waals surface area (Å²) >= 11 is 0. The van der Waals surface area contributed by atoms with Crippen molar-refractivity contribution in [3.05, 3.63) is 58.4 Å². The minimum Gasteiger partial charge on any atom is -0.381 e. The number of amidine groups is 1. The maximum absolute atomic E-state index is 13.9. The van der Waals surface area contributed by atoms with Crippen LogP contribution in [0.1, 0.15) is 28.7 Å². The number of benzene rings is 2. The fraction of sp³-hybridized carbons (Fsp3) is 0.250. The molecule has 2 heterocycles. The van der Waals surface area contributed by atoms with E-state index in [1.54, 1.807) is 38.1 Å². The zero-order chi connectivity index (χ0) is 18.6. The van der Waals surface area contributed by atoms with Gasteiger partial charge in [0.25, 0.3) is 0 Å². The van der Waals surface area contributed by atoms with Crippen LogP contribution in [0.15, 0.2) is 35.3 Å². The van der Waals surface area contributed by atoms with Gasteiger partial charge in [-0.05, 0) is 54.8 Å². The van der Waals surface area contributed by atoms with Crippen LogP contribution in [-0.2, 0) is 11.2 Å². The molecule has 2 aromatic carbocycles. The van der Waals surface area contributed by atoms with Crippen LogP contribution >= 0.6 is 0 Å². The quantitative estimate of drug-likeness (QED) is 0.859. The van der Waals surface area contributed by atoms with Gasteiger partial charge in [-0.15, -0.1) is 0 Å². The summed E-state index contributed by atoms with van der Waals surface area (Å²) in [6.07, 6.45) is -0.00537. The summed E-state index contributed by atoms with van der Waals surface area (Å²) in [5.74, 6) is -0.418. The van der Waals surface area contributed by atoms with Crippen LogP contribution in [0.3, 0.4) is 0 Å². The Bertz CT molecular complexity index is 1040. The summed E-state index contributed by atoms with van der Waals surface area (Å²) in [7, 11) is 0. The second kappa shape index (κ2) is 5.48. The number of nitriles is 1. The number of aliphatic hydroxyl groups is 1. The van der Waals surface area contributed by atoms with E-state index in [2.05, 4.69) is 11.1 Å². The van der Waals surface area contributed by atoms with E-state index in [1.807, 2.05) is 0 Å². The topological polar surface area (TPSA) is 76.7 Å². The standard InChI is InChI=1S/C20H16FN3O2/c1-11-6-16-14(7-15(11)21)8-20(26)9-18(25)24(19(20)23-16)17-5-3-4-13(10-22)12(17)2/h3-7,26H,8-9H2,1-2H3/t20-/m0/s1. The molecule has 0 saturated carbocycles. The molecule has 6 heteroatoms. The maximum Gasteiger partial charge on any atom is 0.235 e. The minimum absolute atomic E-state index is 0.123. The molecule has 1 N–H and O–H groups in total. The number of hydrogen-bond acceptors (Lipinski definition) is 4. The van der Waals surface area contributed by atoms with Gasteiger partial charge in [0.2, 0.25) is 5.91 Å². The molecule has 2 aromatic rings. The molecule has 1 fully saturated rings. The highest BCUT2D eigenvalue weighted by molar-refractivity contribution is 6.27. The van der Waals surface area contributed by atoms with Crippen molar-refractivity contribution in [2.24, 2.45) is 4.99 Å². The average molecular weight is 349 g/mol. The van der Waals surface area contributed by atoms with Crippen LogP contribution in [0.25, 0.3) is 0 Å². The van der Waals surface area contributed by atoms with E-state index in [0.29, 0.717) is 33.6 Å². The van der Waals surface area contributed by atoms with Crippen LogP contribution in [0.4, 0.5) is 15.8 Å². The molecular formula is C20H16FN3O2. The van der Waals surface area contributed by atoms with E-state index in [4.69, 9.17) is 0 Å². The Balaban J connectivity index is 1.91. The lowest BCUT2D eigenvalue weighted by Crippen LogP contribution is -2.44. The number of nitrogens with zero attached hydrogens (tertiary/aromatic N) is 3. The number of amides is 1. The number of fused-ring (bicyclic) bond motifs is 2. The zero-order valence-electron chi connectivity index (χ0n) is 14.4. The third kappa shape index (κ3) is 2.25. The predicted octanol–water partition coefficient (Wildman–Crippen LogP) is 3.07. The van der Waals surface area contributed by atoms with E-state index >= 15 is 0 Å². The summed E-state index contributed by atoms with van der Waals surface area (Å²) < 4.78 is 13.9. The summed E-state index contributed by atoms with van der Waals surface area (Å²) in [6, 6.07) is 10.2. The van der Waals surface area contributed by atoms with E-state index in [0.717, 1.165) is 0 Å². The van der Waals surface area contributed by atoms with Crippen molar-refractivity contribution in [1.82, 2.24) is 0 Å². The van der Waals surface area contributed by atoms with Gasteiger partial charge in [0.1, 0.15) is 17.3 Å². The summed E-state index contributed by atoms with van der Waals surface area (Å²) in [5, 5.41) is 20.3. The van der Waals surface area contributed by atoms with E-state index < -0.39 is 5.60 Å². The van der Waals surface area contributed by atoms with Gasteiger partial charge in [-0.25, -0.2) is 9.38 Å². The van der Waals surface area contributed by atoms with E-state index in [-0.39, 0.29) is 30.4 Å². The van der Waals surface area contributed by atoms with Crippen LogP contribution < -0.4 is 4.90 Å². The Morgan fingerprint density at radius 3 is 2.81 bits per heavy atom. The van der Waals surface area contributed by atoms with Crippen molar-refractivity contribution in [2.45, 2.75) is 32.3 Å². The molecule has 1 amide bonds. The molecule has 0 radical (unpaired) electrons. The monoisotopic (exact) mass is 349 g/mol. The molecule has 2 aliphatic rings. The number of hydrogen-bond donors (Lipinski definition) is 1. The first-order chi connectivity index (χ1) is 12.3. The highest BCUT2D eigenvalue weighted by Gasteiger charge is 2.51. The van der Waals surface area contributed by atoms with Gasteiger partial charge in [-0.3, -0.25) is 9.69 Å². The number of carbonyl (C=O) groups excluding carboxylic acids is 1. The number of halogens is 1. The van der Waals surface area contributed by atoms with Crippen LogP contribution in [-0.4, -0.2) is 22.5 Å². The molecule has 0 aromatic heterocycles. The molecule has 1 atom stereocenters. The van der Waals surface area contributed by atoms with Gasteiger partial charge in [0, 0.05) is 6.42 Å². The Labute approximate surface area is 150 Å². The van der Waals surface area contributed by atoms with Gasteiger partial charge >= 0.3 is 0 Å². The smallest absolute Gasteiger partial charge is 0.235 e. The normalized spacial score (nSPS) is 21.1. The van der Waals surface area contributed by atoms with Crippen molar-refractivity contribution >= 4 is 23.1 Å². The lowest BCUT2D eigenvalue weighted by molar-refractivity contribution is -0.118. The number of carbonyl (C=O) groups is 1. The summed E-state index contributed by atoms with van der Waals surface area (Å²) in [6.45, 7) is 3.41. The highest BCUT2D eigenvalue weighted by atomic mass is 19.1. The molecule has 0 unspecified atom stereocenters. The van der Waals surface area contributed by atoms with Crippen LogP contribution in [0.5, 0.6) is 0 Å². The first-order valence-electron chi connectivity index (χ1n) is 8.27. The molecule has 0 aliphatic carbocycles. The highest BCUT2D eigenvalue weighted by Crippen LogP contribution is 2.41. The fourth-order valence-electron chi connectivity index (χ4n) is 3.65. The summed E-state index contributed by atoms with van der Waals surface area (Å²) in [4.78, 5) is 18.6. The zero-order valence-corrected chi connectivity index (χ0v) is 14.4. The van der Waals surface area contributed by atoms with E-state index in [1.165, 1.54) is 11.0 Å². The maximum atomic E-state index is 13.9. The molecular weight excluding hydrogens is 333 g/mol. The number of aryl methyl sites for hydroxylation is 1. The van der Waals surface area contributed by atoms with Gasteiger partial charge in [-0.1, -0.05) is 6.07 Å². The lowest BCUT2D eigenvalue weighted by Gasteiger charge is -2.30. The number of rotatable bonds is 1. The van der Waals surface area contributed by atoms with Gasteiger partial charge < -0.3 is 5.11 Å². The molecule has 26 heavy (non-hydrogen) atoms. The fourth-order valence-corrected chi connectivity index (χ4v) is 3.65. The van der Waals surface area contributed by atoms with Crippen molar-refractivity contribution in [3.8, 4) is 6.07 Å². The van der Waals surface area contributed by atoms with Gasteiger partial charge in [-0.2, -0.15) is 5.26 Å². The van der Waals surface area contributed by atoms with Crippen molar-refractivity contribution < 1.29 is 14.3 Å². The Morgan fingerprint density at radius 2 is 2.08 bits per heavy atom. The minimum atomic E-state index is -1.47. The van der Waals surface area contributed by atoms with Crippen molar-refractivity contribution in [1.29, 1.82) is 5.26 Å². The Kier molecular flexibility index (Phi) is 3.46. The van der Waals surface area contributed by atoms with Crippen LogP contribution in [0, 0.1) is 31.0 Å². The van der Waals surface area contributed by atoms with Crippen molar-refractivity contribution in [2.75, 3.05) is 4.90 Å². The third-order valence-corrected chi connectivity index (χ3v) is 5.06. The number of aliphatic imine (C=N–C) groups is 1. The largest absolute Gasteiger partial charge is 0.381 e. The lowest BCUT2D eigenvalue weighted by atomic mass is 9.88.